The number of hydrogen-bond donors (Lipinski definition) is 1. The summed E-state index contributed by atoms with van der Waals surface area (Å²) >= 11 is 8.32. The number of rotatable bonds is 2. The van der Waals surface area contributed by atoms with Crippen LogP contribution < -0.4 is 0 Å². The van der Waals surface area contributed by atoms with Crippen molar-refractivity contribution in [2.45, 2.75) is 13.0 Å². The van der Waals surface area contributed by atoms with Gasteiger partial charge < -0.3 is 9.52 Å². The van der Waals surface area contributed by atoms with Crippen molar-refractivity contribution in [2.75, 3.05) is 0 Å². The van der Waals surface area contributed by atoms with Crippen LogP contribution in [-0.2, 0) is 0 Å². The van der Waals surface area contributed by atoms with Crippen molar-refractivity contribution in [3.05, 3.63) is 42.9 Å². The van der Waals surface area contributed by atoms with Gasteiger partial charge in [0.25, 0.3) is 0 Å². The highest BCUT2D eigenvalue weighted by Crippen LogP contribution is 2.38. The zero-order chi connectivity index (χ0) is 11.0. The first kappa shape index (κ1) is 11.4. The second-order valence-electron chi connectivity index (χ2n) is 3.13. The lowest BCUT2D eigenvalue weighted by Crippen LogP contribution is -1.96. The molecular weight excluding hydrogens is 344 g/mol. The summed E-state index contributed by atoms with van der Waals surface area (Å²) in [6, 6.07) is 5.52. The SMILES string of the molecule is Cc1ccc(C(O)c2cc(Br)sc2Br)o1. The summed E-state index contributed by atoms with van der Waals surface area (Å²) < 4.78 is 7.27. The number of halogens is 2. The molecule has 0 fully saturated rings. The average molecular weight is 352 g/mol. The second kappa shape index (κ2) is 4.41. The second-order valence-corrected chi connectivity index (χ2v) is 6.88. The molecule has 15 heavy (non-hydrogen) atoms. The Bertz CT molecular complexity index is 475. The summed E-state index contributed by atoms with van der Waals surface area (Å²) in [5.41, 5.74) is 0.821. The fourth-order valence-corrected chi connectivity index (χ4v) is 4.18. The predicted octanol–water partition coefficient (Wildman–Crippen LogP) is 4.26. The van der Waals surface area contributed by atoms with Gasteiger partial charge in [-0.15, -0.1) is 11.3 Å². The van der Waals surface area contributed by atoms with E-state index < -0.39 is 6.10 Å². The maximum absolute atomic E-state index is 10.1. The van der Waals surface area contributed by atoms with Crippen molar-refractivity contribution in [2.24, 2.45) is 0 Å². The summed E-state index contributed by atoms with van der Waals surface area (Å²) in [5, 5.41) is 10.1. The van der Waals surface area contributed by atoms with E-state index in [0.29, 0.717) is 5.76 Å². The van der Waals surface area contributed by atoms with Crippen LogP contribution in [0.4, 0.5) is 0 Å². The molecule has 5 heteroatoms. The van der Waals surface area contributed by atoms with Crippen LogP contribution in [-0.4, -0.2) is 5.11 Å². The molecule has 0 aliphatic heterocycles. The molecule has 0 radical (unpaired) electrons. The van der Waals surface area contributed by atoms with E-state index in [1.807, 2.05) is 19.1 Å². The summed E-state index contributed by atoms with van der Waals surface area (Å²) in [7, 11) is 0. The normalized spacial score (nSPS) is 13.1. The van der Waals surface area contributed by atoms with E-state index in [1.54, 1.807) is 6.07 Å². The van der Waals surface area contributed by atoms with Crippen LogP contribution in [0.3, 0.4) is 0 Å². The van der Waals surface area contributed by atoms with Crippen molar-refractivity contribution in [3.8, 4) is 0 Å². The Hall–Kier alpha value is -0.100. The molecule has 0 aromatic carbocycles. The van der Waals surface area contributed by atoms with Gasteiger partial charge in [-0.25, -0.2) is 0 Å². The van der Waals surface area contributed by atoms with Gasteiger partial charge in [-0.3, -0.25) is 0 Å². The van der Waals surface area contributed by atoms with Crippen molar-refractivity contribution in [1.29, 1.82) is 0 Å². The molecule has 1 atom stereocenters. The minimum atomic E-state index is -0.712. The molecule has 80 valence electrons. The predicted molar refractivity (Wildman–Crippen MR) is 67.2 cm³/mol. The topological polar surface area (TPSA) is 33.4 Å². The van der Waals surface area contributed by atoms with Crippen LogP contribution >= 0.6 is 43.2 Å². The van der Waals surface area contributed by atoms with Crippen LogP contribution in [0.15, 0.2) is 30.2 Å². The molecule has 0 bridgehead atoms. The molecule has 2 aromatic heterocycles. The summed E-state index contributed by atoms with van der Waals surface area (Å²) in [4.78, 5) is 0. The number of furan rings is 1. The third kappa shape index (κ3) is 2.36. The van der Waals surface area contributed by atoms with Crippen LogP contribution in [0.25, 0.3) is 0 Å². The third-order valence-electron chi connectivity index (χ3n) is 2.01. The van der Waals surface area contributed by atoms with Gasteiger partial charge in [-0.05, 0) is 57.0 Å². The van der Waals surface area contributed by atoms with Gasteiger partial charge >= 0.3 is 0 Å². The monoisotopic (exact) mass is 350 g/mol. The molecule has 0 saturated heterocycles. The standard InChI is InChI=1S/C10H8Br2O2S/c1-5-2-3-7(14-5)9(13)6-4-8(11)15-10(6)12/h2-4,9,13H,1H3. The molecule has 0 amide bonds. The quantitative estimate of drug-likeness (QED) is 0.877. The Balaban J connectivity index is 2.35. The fraction of sp³-hybridized carbons (Fsp3) is 0.200. The van der Waals surface area contributed by atoms with Crippen LogP contribution in [0.1, 0.15) is 23.2 Å². The Morgan fingerprint density at radius 3 is 2.60 bits per heavy atom. The van der Waals surface area contributed by atoms with E-state index in [1.165, 1.54) is 11.3 Å². The lowest BCUT2D eigenvalue weighted by Gasteiger charge is -2.05. The Morgan fingerprint density at radius 1 is 1.40 bits per heavy atom. The minimum Gasteiger partial charge on any atom is -0.463 e. The van der Waals surface area contributed by atoms with Gasteiger partial charge in [0.1, 0.15) is 17.6 Å². The van der Waals surface area contributed by atoms with E-state index in [9.17, 15) is 5.11 Å². The molecule has 2 aromatic rings. The molecule has 2 rings (SSSR count). The number of aliphatic hydroxyl groups is 1. The van der Waals surface area contributed by atoms with Crippen LogP contribution in [0, 0.1) is 6.92 Å². The molecular formula is C10H8Br2O2S. The molecule has 0 saturated carbocycles. The highest BCUT2D eigenvalue weighted by Gasteiger charge is 2.19. The third-order valence-corrected chi connectivity index (χ3v) is 4.39. The van der Waals surface area contributed by atoms with Crippen molar-refractivity contribution >= 4 is 43.2 Å². The number of aryl methyl sites for hydroxylation is 1. The molecule has 2 heterocycles. The lowest BCUT2D eigenvalue weighted by atomic mass is 10.1. The smallest absolute Gasteiger partial charge is 0.139 e. The molecule has 1 unspecified atom stereocenters. The lowest BCUT2D eigenvalue weighted by molar-refractivity contribution is 0.187. The summed E-state index contributed by atoms with van der Waals surface area (Å²) in [5.74, 6) is 1.37. The molecule has 1 N–H and O–H groups in total. The van der Waals surface area contributed by atoms with E-state index >= 15 is 0 Å². The first-order valence-corrected chi connectivity index (χ1v) is 6.67. The molecule has 2 nitrogen and oxygen atoms in total. The van der Waals surface area contributed by atoms with Gasteiger partial charge in [0, 0.05) is 5.56 Å². The van der Waals surface area contributed by atoms with E-state index in [-0.39, 0.29) is 0 Å². The maximum Gasteiger partial charge on any atom is 0.139 e. The fourth-order valence-electron chi connectivity index (χ4n) is 1.29. The zero-order valence-corrected chi connectivity index (χ0v) is 11.8. The highest BCUT2D eigenvalue weighted by molar-refractivity contribution is 9.12. The van der Waals surface area contributed by atoms with Gasteiger partial charge in [-0.2, -0.15) is 0 Å². The van der Waals surface area contributed by atoms with Gasteiger partial charge in [-0.1, -0.05) is 0 Å². The number of aliphatic hydroxyl groups excluding tert-OH is 1. The number of hydrogen-bond acceptors (Lipinski definition) is 3. The minimum absolute atomic E-state index is 0.568. The van der Waals surface area contributed by atoms with Crippen LogP contribution in [0.2, 0.25) is 0 Å². The summed E-state index contributed by atoms with van der Waals surface area (Å²) in [6.07, 6.45) is -0.712. The van der Waals surface area contributed by atoms with Gasteiger partial charge in [0.05, 0.1) is 7.57 Å². The average Bonchev–Trinajstić information content (AvgIpc) is 2.71. The van der Waals surface area contributed by atoms with Crippen molar-refractivity contribution in [1.82, 2.24) is 0 Å². The van der Waals surface area contributed by atoms with E-state index in [0.717, 1.165) is 18.9 Å². The van der Waals surface area contributed by atoms with Crippen molar-refractivity contribution in [3.63, 3.8) is 0 Å². The Kier molecular flexibility index (Phi) is 3.35. The first-order valence-electron chi connectivity index (χ1n) is 4.27. The van der Waals surface area contributed by atoms with E-state index in [4.69, 9.17) is 4.42 Å². The van der Waals surface area contributed by atoms with E-state index in [2.05, 4.69) is 31.9 Å². The first-order chi connectivity index (χ1) is 7.08. The Labute approximate surface area is 108 Å². The highest BCUT2D eigenvalue weighted by atomic mass is 79.9. The molecule has 0 aliphatic carbocycles. The van der Waals surface area contributed by atoms with Gasteiger partial charge in [0.15, 0.2) is 0 Å². The zero-order valence-electron chi connectivity index (χ0n) is 7.83. The molecule has 0 aliphatic rings. The summed E-state index contributed by atoms with van der Waals surface area (Å²) in [6.45, 7) is 1.86. The largest absolute Gasteiger partial charge is 0.463 e. The van der Waals surface area contributed by atoms with Gasteiger partial charge in [0.2, 0.25) is 0 Å². The molecule has 0 spiro atoms. The van der Waals surface area contributed by atoms with Crippen LogP contribution in [0.5, 0.6) is 0 Å². The number of thiophene rings is 1. The Morgan fingerprint density at radius 2 is 2.13 bits per heavy atom. The van der Waals surface area contributed by atoms with Crippen molar-refractivity contribution < 1.29 is 9.52 Å². The maximum atomic E-state index is 10.1.